The van der Waals surface area contributed by atoms with Crippen molar-refractivity contribution in [3.63, 3.8) is 0 Å². The largest absolute Gasteiger partial charge is 0.458 e. The number of allylic oxidation sites excluding steroid dienone is 1. The summed E-state index contributed by atoms with van der Waals surface area (Å²) in [6.07, 6.45) is 9.42. The fourth-order valence-corrected chi connectivity index (χ4v) is 5.80. The van der Waals surface area contributed by atoms with Crippen molar-refractivity contribution in [2.45, 2.75) is 58.3 Å². The lowest BCUT2D eigenvalue weighted by Gasteiger charge is -2.64. The highest BCUT2D eigenvalue weighted by atomic mass is 16.6. The monoisotopic (exact) mass is 453 g/mol. The zero-order chi connectivity index (χ0) is 24.0. The highest BCUT2D eigenvalue weighted by Crippen LogP contribution is 2.62. The van der Waals surface area contributed by atoms with Gasteiger partial charge in [-0.25, -0.2) is 9.59 Å². The number of aliphatic hydroxyl groups is 2. The number of carbonyl (C=O) groups excluding carboxylic acids is 2. The molecule has 2 aliphatic carbocycles. The van der Waals surface area contributed by atoms with Crippen LogP contribution < -0.4 is 0 Å². The van der Waals surface area contributed by atoms with Crippen molar-refractivity contribution in [3.05, 3.63) is 65.5 Å². The highest BCUT2D eigenvalue weighted by Gasteiger charge is 2.68. The molecule has 7 heteroatoms. The van der Waals surface area contributed by atoms with E-state index in [0.29, 0.717) is 5.57 Å². The van der Waals surface area contributed by atoms with Gasteiger partial charge in [0.05, 0.1) is 5.56 Å². The first-order chi connectivity index (χ1) is 15.5. The lowest BCUT2D eigenvalue weighted by Crippen LogP contribution is -2.71. The summed E-state index contributed by atoms with van der Waals surface area (Å²) in [4.78, 5) is 28.4. The molecular weight excluding hydrogens is 422 g/mol. The Hall–Kier alpha value is -2.77. The Bertz CT molecular complexity index is 1040. The highest BCUT2D eigenvalue weighted by molar-refractivity contribution is 5.89. The molecule has 0 aromatic carbocycles. The van der Waals surface area contributed by atoms with E-state index in [1.807, 2.05) is 26.8 Å². The summed E-state index contributed by atoms with van der Waals surface area (Å²) >= 11 is 0. The summed E-state index contributed by atoms with van der Waals surface area (Å²) in [6.45, 7) is 7.67. The van der Waals surface area contributed by atoms with Gasteiger partial charge in [-0.15, -0.1) is 0 Å². The van der Waals surface area contributed by atoms with Crippen LogP contribution in [0.4, 0.5) is 0 Å². The predicted molar refractivity (Wildman–Crippen MR) is 121 cm³/mol. The number of esters is 2. The molecule has 2 heterocycles. The van der Waals surface area contributed by atoms with Gasteiger partial charge < -0.3 is 19.7 Å². The van der Waals surface area contributed by atoms with E-state index >= 15 is 0 Å². The lowest BCUT2D eigenvalue weighted by molar-refractivity contribution is -0.251. The van der Waals surface area contributed by atoms with Gasteiger partial charge in [0.2, 0.25) is 0 Å². The van der Waals surface area contributed by atoms with Gasteiger partial charge in [-0.1, -0.05) is 37.6 Å². The Labute approximate surface area is 193 Å². The Morgan fingerprint density at radius 2 is 2.09 bits per heavy atom. The minimum Gasteiger partial charge on any atom is -0.458 e. The van der Waals surface area contributed by atoms with Gasteiger partial charge in [0.1, 0.15) is 18.3 Å². The maximum atomic E-state index is 12.9. The molecule has 0 spiro atoms. The number of carbonyl (C=O) groups is 2. The number of hydrogen-bond donors (Lipinski definition) is 2. The molecule has 4 rings (SSSR count). The normalized spacial score (nSPS) is 38.4. The molecule has 176 valence electrons. The van der Waals surface area contributed by atoms with Crippen molar-refractivity contribution < 1.29 is 29.3 Å². The van der Waals surface area contributed by atoms with Gasteiger partial charge in [-0.05, 0) is 50.3 Å². The molecule has 6 atom stereocenters. The molecule has 1 fully saturated rings. The van der Waals surface area contributed by atoms with Crippen molar-refractivity contribution in [1.82, 2.24) is 4.98 Å². The van der Waals surface area contributed by atoms with Crippen molar-refractivity contribution in [3.8, 4) is 0 Å². The number of cyclic esters (lactones) is 1. The topological polar surface area (TPSA) is 106 Å². The molecule has 0 radical (unpaired) electrons. The minimum absolute atomic E-state index is 0.136. The molecule has 1 aromatic heterocycles. The van der Waals surface area contributed by atoms with Crippen LogP contribution in [0.25, 0.3) is 0 Å². The van der Waals surface area contributed by atoms with Gasteiger partial charge >= 0.3 is 11.9 Å². The predicted octanol–water partition coefficient (Wildman–Crippen LogP) is 3.14. The van der Waals surface area contributed by atoms with Crippen LogP contribution in [0.2, 0.25) is 0 Å². The van der Waals surface area contributed by atoms with Crippen LogP contribution in [0.5, 0.6) is 0 Å². The Morgan fingerprint density at radius 1 is 1.33 bits per heavy atom. The first-order valence-electron chi connectivity index (χ1n) is 11.3. The van der Waals surface area contributed by atoms with Crippen LogP contribution in [0.3, 0.4) is 0 Å². The summed E-state index contributed by atoms with van der Waals surface area (Å²) in [6, 6.07) is 3.21. The van der Waals surface area contributed by atoms with Crippen LogP contribution in [0.1, 0.15) is 50.9 Å². The van der Waals surface area contributed by atoms with E-state index in [4.69, 9.17) is 9.47 Å². The second kappa shape index (κ2) is 8.22. The van der Waals surface area contributed by atoms with Gasteiger partial charge in [-0.3, -0.25) is 4.98 Å². The summed E-state index contributed by atoms with van der Waals surface area (Å²) in [5.41, 5.74) is -1.27. The van der Waals surface area contributed by atoms with E-state index in [9.17, 15) is 19.8 Å². The first-order valence-corrected chi connectivity index (χ1v) is 11.3. The zero-order valence-electron chi connectivity index (χ0n) is 19.4. The second-order valence-electron chi connectivity index (χ2n) is 9.90. The molecule has 0 bridgehead atoms. The summed E-state index contributed by atoms with van der Waals surface area (Å²) in [7, 11) is 0. The smallest absolute Gasteiger partial charge is 0.340 e. The Balaban J connectivity index is 1.78. The number of ether oxygens (including phenoxy) is 2. The Morgan fingerprint density at radius 3 is 2.73 bits per heavy atom. The number of hydrogen-bond acceptors (Lipinski definition) is 7. The molecule has 1 aliphatic heterocycles. The number of rotatable bonds is 4. The molecule has 0 unspecified atom stereocenters. The van der Waals surface area contributed by atoms with Gasteiger partial charge in [0.15, 0.2) is 6.10 Å². The van der Waals surface area contributed by atoms with Crippen LogP contribution in [-0.4, -0.2) is 51.6 Å². The summed E-state index contributed by atoms with van der Waals surface area (Å²) < 4.78 is 10.8. The molecule has 3 aliphatic rings. The van der Waals surface area contributed by atoms with Crippen molar-refractivity contribution in [2.75, 3.05) is 6.61 Å². The molecule has 0 saturated heterocycles. The van der Waals surface area contributed by atoms with Crippen molar-refractivity contribution in [2.24, 2.45) is 16.7 Å². The molecule has 1 aromatic rings. The molecule has 2 N–H and O–H groups in total. The van der Waals surface area contributed by atoms with Crippen LogP contribution in [0, 0.1) is 16.7 Å². The minimum atomic E-state index is -1.60. The SMILES string of the molecule is CC1=CCC[C@H]2[C@@]1(C)[C@@H](O)[C@H](OC(=O)c1cccnc1)[C@](C)(O)[C@]2(C)/C=C/C1=CC(=O)OC1. The number of nitrogens with zero attached hydrogens (tertiary/aromatic N) is 1. The van der Waals surface area contributed by atoms with Crippen LogP contribution in [-0.2, 0) is 14.3 Å². The number of aromatic nitrogens is 1. The van der Waals surface area contributed by atoms with Gasteiger partial charge in [-0.2, -0.15) is 0 Å². The van der Waals surface area contributed by atoms with E-state index in [-0.39, 0.29) is 18.1 Å². The third-order valence-corrected chi connectivity index (χ3v) is 8.21. The maximum Gasteiger partial charge on any atom is 0.340 e. The molecular formula is C26H31NO6. The quantitative estimate of drug-likeness (QED) is 0.533. The molecule has 1 saturated carbocycles. The van der Waals surface area contributed by atoms with E-state index in [1.165, 1.54) is 12.3 Å². The first kappa shape index (κ1) is 23.4. The fourth-order valence-electron chi connectivity index (χ4n) is 5.80. The van der Waals surface area contributed by atoms with Crippen LogP contribution in [0.15, 0.2) is 60.0 Å². The standard InChI is InChI=1S/C26H31NO6/c1-16-7-5-9-19-24(2,11-10-17-13-20(28)32-15-17)26(4,31)22(21(29)25(16,19)3)33-23(30)18-8-6-12-27-14-18/h6-8,10-14,19,21-22,29,31H,5,9,15H2,1-4H3/b11-10+/t19-,21+,22+,24-,25+,26+/m1/s1. The molecule has 0 amide bonds. The average Bonchev–Trinajstić information content (AvgIpc) is 3.21. The van der Waals surface area contributed by atoms with E-state index < -0.39 is 40.6 Å². The van der Waals surface area contributed by atoms with Crippen molar-refractivity contribution in [1.29, 1.82) is 0 Å². The number of pyridine rings is 1. The third-order valence-electron chi connectivity index (χ3n) is 8.21. The van der Waals surface area contributed by atoms with Gasteiger partial charge in [0, 0.05) is 29.3 Å². The summed E-state index contributed by atoms with van der Waals surface area (Å²) in [5, 5.41) is 23.5. The average molecular weight is 454 g/mol. The zero-order valence-corrected chi connectivity index (χ0v) is 19.4. The van der Waals surface area contributed by atoms with E-state index in [1.54, 1.807) is 31.3 Å². The molecule has 33 heavy (non-hydrogen) atoms. The third kappa shape index (κ3) is 3.63. The van der Waals surface area contributed by atoms with E-state index in [0.717, 1.165) is 18.4 Å². The lowest BCUT2D eigenvalue weighted by atomic mass is 9.44. The number of aliphatic hydroxyl groups excluding tert-OH is 1. The summed E-state index contributed by atoms with van der Waals surface area (Å²) in [5.74, 6) is -1.19. The fraction of sp³-hybridized carbons (Fsp3) is 0.500. The second-order valence-corrected chi connectivity index (χ2v) is 9.90. The van der Waals surface area contributed by atoms with Crippen LogP contribution >= 0.6 is 0 Å². The van der Waals surface area contributed by atoms with Crippen molar-refractivity contribution >= 4 is 11.9 Å². The van der Waals surface area contributed by atoms with E-state index in [2.05, 4.69) is 11.1 Å². The number of fused-ring (bicyclic) bond motifs is 1. The molecule has 7 nitrogen and oxygen atoms in total. The maximum absolute atomic E-state index is 12.9. The van der Waals surface area contributed by atoms with Gasteiger partial charge in [0.25, 0.3) is 0 Å². The Kier molecular flexibility index (Phi) is 5.83.